The van der Waals surface area contributed by atoms with Crippen molar-refractivity contribution < 1.29 is 4.79 Å². The van der Waals surface area contributed by atoms with E-state index in [-0.39, 0.29) is 18.4 Å². The van der Waals surface area contributed by atoms with Gasteiger partial charge in [-0.3, -0.25) is 14.8 Å². The van der Waals surface area contributed by atoms with Crippen molar-refractivity contribution in [3.63, 3.8) is 0 Å². The number of hydrogen-bond donors (Lipinski definition) is 1. The van der Waals surface area contributed by atoms with E-state index in [1.54, 1.807) is 12.4 Å². The Hall–Kier alpha value is -4.38. The standard InChI is InChI=1S/C31H28N4O/c1-20-11-13-25(21(2)16-20)31(24-8-5-4-6-9-24)35-30(36)18-23-12-14-27-28(17-23)33-19-29(34-27)26-10-7-15-32-22(26)3/h4-17,19,31H,18H2,1-3H3,(H,35,36). The van der Waals surface area contributed by atoms with Crippen molar-refractivity contribution in [2.75, 3.05) is 0 Å². The topological polar surface area (TPSA) is 67.8 Å². The molecule has 0 fully saturated rings. The van der Waals surface area contributed by atoms with Gasteiger partial charge in [0, 0.05) is 17.5 Å². The number of nitrogens with zero attached hydrogens (tertiary/aromatic N) is 3. The van der Waals surface area contributed by atoms with Crippen LogP contribution in [0.2, 0.25) is 0 Å². The molecule has 0 radical (unpaired) electrons. The van der Waals surface area contributed by atoms with E-state index in [1.807, 2.05) is 55.5 Å². The number of carbonyl (C=O) groups is 1. The number of carbonyl (C=O) groups excluding carboxylic acids is 1. The number of pyridine rings is 1. The lowest BCUT2D eigenvalue weighted by molar-refractivity contribution is -0.120. The minimum atomic E-state index is -0.218. The lowest BCUT2D eigenvalue weighted by Crippen LogP contribution is -2.31. The Labute approximate surface area is 211 Å². The van der Waals surface area contributed by atoms with Crippen LogP contribution in [0.25, 0.3) is 22.3 Å². The predicted molar refractivity (Wildman–Crippen MR) is 144 cm³/mol. The molecule has 1 amide bonds. The highest BCUT2D eigenvalue weighted by Gasteiger charge is 2.19. The van der Waals surface area contributed by atoms with Crippen molar-refractivity contribution in [2.24, 2.45) is 0 Å². The van der Waals surface area contributed by atoms with Crippen LogP contribution in [0, 0.1) is 20.8 Å². The van der Waals surface area contributed by atoms with Crippen molar-refractivity contribution >= 4 is 16.9 Å². The Balaban J connectivity index is 1.38. The van der Waals surface area contributed by atoms with Gasteiger partial charge >= 0.3 is 0 Å². The van der Waals surface area contributed by atoms with Crippen LogP contribution in [0.1, 0.15) is 39.6 Å². The fraction of sp³-hybridized carbons (Fsp3) is 0.161. The summed E-state index contributed by atoms with van der Waals surface area (Å²) in [5.41, 5.74) is 9.63. The van der Waals surface area contributed by atoms with Gasteiger partial charge in [-0.25, -0.2) is 4.98 Å². The molecule has 5 aromatic rings. The van der Waals surface area contributed by atoms with Gasteiger partial charge in [-0.15, -0.1) is 0 Å². The van der Waals surface area contributed by atoms with Gasteiger partial charge in [-0.1, -0.05) is 60.2 Å². The largest absolute Gasteiger partial charge is 0.345 e. The van der Waals surface area contributed by atoms with Gasteiger partial charge in [0.25, 0.3) is 0 Å². The molecular weight excluding hydrogens is 444 g/mol. The molecule has 1 atom stereocenters. The van der Waals surface area contributed by atoms with Crippen LogP contribution in [0.15, 0.2) is 91.3 Å². The molecule has 1 N–H and O–H groups in total. The van der Waals surface area contributed by atoms with Gasteiger partial charge in [0.05, 0.1) is 35.4 Å². The van der Waals surface area contributed by atoms with Crippen molar-refractivity contribution in [3.05, 3.63) is 125 Å². The van der Waals surface area contributed by atoms with Crippen LogP contribution < -0.4 is 5.32 Å². The summed E-state index contributed by atoms with van der Waals surface area (Å²) in [5, 5.41) is 3.26. The van der Waals surface area contributed by atoms with Crippen LogP contribution in [0.3, 0.4) is 0 Å². The minimum Gasteiger partial charge on any atom is -0.345 e. The molecule has 0 bridgehead atoms. The summed E-state index contributed by atoms with van der Waals surface area (Å²) in [5.74, 6) is -0.0428. The number of benzene rings is 3. The number of hydrogen-bond acceptors (Lipinski definition) is 4. The van der Waals surface area contributed by atoms with Gasteiger partial charge in [0.2, 0.25) is 5.91 Å². The molecular formula is C31H28N4O. The molecule has 5 nitrogen and oxygen atoms in total. The lowest BCUT2D eigenvalue weighted by atomic mass is 9.93. The molecule has 3 aromatic carbocycles. The fourth-order valence-electron chi connectivity index (χ4n) is 4.58. The molecule has 0 spiro atoms. The van der Waals surface area contributed by atoms with Crippen LogP contribution in [0.5, 0.6) is 0 Å². The van der Waals surface area contributed by atoms with Crippen LogP contribution >= 0.6 is 0 Å². The molecule has 5 rings (SSSR count). The first-order valence-electron chi connectivity index (χ1n) is 12.1. The Bertz CT molecular complexity index is 1550. The molecule has 0 saturated carbocycles. The summed E-state index contributed by atoms with van der Waals surface area (Å²) >= 11 is 0. The highest BCUT2D eigenvalue weighted by atomic mass is 16.1. The van der Waals surface area contributed by atoms with Gasteiger partial charge in [-0.2, -0.15) is 0 Å². The molecule has 1 unspecified atom stereocenters. The SMILES string of the molecule is Cc1ccc(C(NC(=O)Cc2ccc3nc(-c4cccnc4C)cnc3c2)c2ccccc2)c(C)c1. The molecule has 178 valence electrons. The second kappa shape index (κ2) is 10.1. The van der Waals surface area contributed by atoms with E-state index >= 15 is 0 Å². The van der Waals surface area contributed by atoms with E-state index in [2.05, 4.69) is 59.5 Å². The van der Waals surface area contributed by atoms with E-state index in [1.165, 1.54) is 5.56 Å². The van der Waals surface area contributed by atoms with Crippen molar-refractivity contribution in [3.8, 4) is 11.3 Å². The third-order valence-electron chi connectivity index (χ3n) is 6.43. The first-order valence-corrected chi connectivity index (χ1v) is 12.1. The monoisotopic (exact) mass is 472 g/mol. The third-order valence-corrected chi connectivity index (χ3v) is 6.43. The van der Waals surface area contributed by atoms with Gasteiger partial charge in [0.15, 0.2) is 0 Å². The van der Waals surface area contributed by atoms with E-state index in [0.29, 0.717) is 0 Å². The molecule has 2 aromatic heterocycles. The zero-order valence-electron chi connectivity index (χ0n) is 20.7. The van der Waals surface area contributed by atoms with E-state index in [0.717, 1.165) is 50.2 Å². The Kier molecular flexibility index (Phi) is 6.54. The first-order chi connectivity index (χ1) is 17.5. The van der Waals surface area contributed by atoms with Crippen molar-refractivity contribution in [1.82, 2.24) is 20.3 Å². The molecule has 0 saturated heterocycles. The highest BCUT2D eigenvalue weighted by Crippen LogP contribution is 2.26. The molecule has 0 aliphatic heterocycles. The maximum Gasteiger partial charge on any atom is 0.225 e. The number of rotatable bonds is 6. The summed E-state index contributed by atoms with van der Waals surface area (Å²) in [6.45, 7) is 6.13. The predicted octanol–water partition coefficient (Wildman–Crippen LogP) is 6.07. The lowest BCUT2D eigenvalue weighted by Gasteiger charge is -2.22. The van der Waals surface area contributed by atoms with Gasteiger partial charge in [-0.05, 0) is 67.3 Å². The van der Waals surface area contributed by atoms with Crippen LogP contribution in [0.4, 0.5) is 0 Å². The van der Waals surface area contributed by atoms with Crippen LogP contribution in [-0.4, -0.2) is 20.9 Å². The first kappa shape index (κ1) is 23.4. The summed E-state index contributed by atoms with van der Waals surface area (Å²) < 4.78 is 0. The smallest absolute Gasteiger partial charge is 0.225 e. The molecule has 0 aliphatic rings. The zero-order valence-corrected chi connectivity index (χ0v) is 20.7. The summed E-state index contributed by atoms with van der Waals surface area (Å²) in [6, 6.07) is 25.9. The molecule has 36 heavy (non-hydrogen) atoms. The number of fused-ring (bicyclic) bond motifs is 1. The van der Waals surface area contributed by atoms with Crippen molar-refractivity contribution in [2.45, 2.75) is 33.2 Å². The molecule has 2 heterocycles. The third kappa shape index (κ3) is 5.01. The number of aromatic nitrogens is 3. The average Bonchev–Trinajstić information content (AvgIpc) is 2.88. The zero-order chi connectivity index (χ0) is 25.1. The van der Waals surface area contributed by atoms with Crippen LogP contribution in [-0.2, 0) is 11.2 Å². The second-order valence-electron chi connectivity index (χ2n) is 9.16. The number of aryl methyl sites for hydroxylation is 3. The minimum absolute atomic E-state index is 0.0428. The molecule has 0 aliphatic carbocycles. The summed E-state index contributed by atoms with van der Waals surface area (Å²) in [6.07, 6.45) is 3.80. The van der Waals surface area contributed by atoms with E-state index in [9.17, 15) is 4.79 Å². The highest BCUT2D eigenvalue weighted by molar-refractivity contribution is 5.83. The van der Waals surface area contributed by atoms with Gasteiger partial charge in [0.1, 0.15) is 0 Å². The Morgan fingerprint density at radius 1 is 0.861 bits per heavy atom. The Morgan fingerprint density at radius 2 is 1.69 bits per heavy atom. The van der Waals surface area contributed by atoms with E-state index in [4.69, 9.17) is 4.98 Å². The fourth-order valence-corrected chi connectivity index (χ4v) is 4.58. The maximum atomic E-state index is 13.2. The average molecular weight is 473 g/mol. The maximum absolute atomic E-state index is 13.2. The summed E-state index contributed by atoms with van der Waals surface area (Å²) in [7, 11) is 0. The number of amides is 1. The van der Waals surface area contributed by atoms with Crippen molar-refractivity contribution in [1.29, 1.82) is 0 Å². The molecule has 5 heteroatoms. The van der Waals surface area contributed by atoms with Gasteiger partial charge < -0.3 is 5.32 Å². The second-order valence-corrected chi connectivity index (χ2v) is 9.16. The van der Waals surface area contributed by atoms with E-state index < -0.39 is 0 Å². The normalized spacial score (nSPS) is 11.9. The Morgan fingerprint density at radius 3 is 2.47 bits per heavy atom. The summed E-state index contributed by atoms with van der Waals surface area (Å²) in [4.78, 5) is 26.9. The number of nitrogens with one attached hydrogen (secondary N) is 1. The quantitative estimate of drug-likeness (QED) is 0.326.